The van der Waals surface area contributed by atoms with Crippen LogP contribution in [0.3, 0.4) is 0 Å². The molecule has 4 rings (SSSR count). The van der Waals surface area contributed by atoms with Crippen LogP contribution in [0.25, 0.3) is 0 Å². The second-order valence-electron chi connectivity index (χ2n) is 6.03. The standard InChI is InChI=1S/C19H15Cl2FN2OS/c20-12-4-5-13-17(8-12)26-18(9-24-7-6-23-11-24)19(13)25-10-14-15(21)2-1-3-16(14)22/h1-8,11,18-19H,9-10H2/t18-,19-/m1/s1. The molecule has 0 saturated carbocycles. The van der Waals surface area contributed by atoms with Gasteiger partial charge in [-0.2, -0.15) is 0 Å². The summed E-state index contributed by atoms with van der Waals surface area (Å²) in [6, 6.07) is 10.4. The smallest absolute Gasteiger partial charge is 0.130 e. The van der Waals surface area contributed by atoms with Crippen molar-refractivity contribution in [2.75, 3.05) is 0 Å². The fourth-order valence-electron chi connectivity index (χ4n) is 3.05. The Labute approximate surface area is 165 Å². The van der Waals surface area contributed by atoms with Crippen molar-refractivity contribution in [2.24, 2.45) is 0 Å². The quantitative estimate of drug-likeness (QED) is 0.536. The highest BCUT2D eigenvalue weighted by molar-refractivity contribution is 8.00. The number of nitrogens with zero attached hydrogens (tertiary/aromatic N) is 2. The Balaban J connectivity index is 1.59. The summed E-state index contributed by atoms with van der Waals surface area (Å²) in [6.45, 7) is 0.839. The lowest BCUT2D eigenvalue weighted by atomic mass is 10.1. The number of hydrogen-bond donors (Lipinski definition) is 0. The summed E-state index contributed by atoms with van der Waals surface area (Å²) in [6.07, 6.45) is 5.26. The van der Waals surface area contributed by atoms with E-state index in [0.29, 0.717) is 15.6 Å². The monoisotopic (exact) mass is 408 g/mol. The number of halogens is 3. The van der Waals surface area contributed by atoms with Gasteiger partial charge in [-0.1, -0.05) is 35.3 Å². The first-order valence-corrected chi connectivity index (χ1v) is 9.71. The number of fused-ring (bicyclic) bond motifs is 1. The van der Waals surface area contributed by atoms with E-state index < -0.39 is 0 Å². The third-order valence-corrected chi connectivity index (χ3v) is 6.21. The van der Waals surface area contributed by atoms with Crippen LogP contribution >= 0.6 is 35.0 Å². The molecule has 0 fully saturated rings. The Hall–Kier alpha value is -1.53. The van der Waals surface area contributed by atoms with Gasteiger partial charge in [-0.25, -0.2) is 9.37 Å². The van der Waals surface area contributed by atoms with Crippen molar-refractivity contribution in [2.45, 2.75) is 29.4 Å². The maximum atomic E-state index is 14.1. The molecule has 0 aliphatic carbocycles. The minimum Gasteiger partial charge on any atom is -0.367 e. The molecule has 134 valence electrons. The van der Waals surface area contributed by atoms with Crippen molar-refractivity contribution in [1.29, 1.82) is 0 Å². The van der Waals surface area contributed by atoms with Crippen molar-refractivity contribution >= 4 is 35.0 Å². The molecule has 1 aliphatic rings. The van der Waals surface area contributed by atoms with Crippen molar-refractivity contribution in [3.63, 3.8) is 0 Å². The van der Waals surface area contributed by atoms with Crippen molar-refractivity contribution in [1.82, 2.24) is 9.55 Å². The molecule has 0 bridgehead atoms. The predicted molar refractivity (Wildman–Crippen MR) is 102 cm³/mol. The van der Waals surface area contributed by atoms with Gasteiger partial charge >= 0.3 is 0 Å². The Morgan fingerprint density at radius 3 is 2.88 bits per heavy atom. The van der Waals surface area contributed by atoms with Crippen molar-refractivity contribution < 1.29 is 9.13 Å². The van der Waals surface area contributed by atoms with Crippen LogP contribution in [-0.2, 0) is 17.9 Å². The SMILES string of the molecule is Fc1cccc(Cl)c1CO[C@@H]1c2ccc(Cl)cc2S[C@@H]1Cn1ccnc1. The summed E-state index contributed by atoms with van der Waals surface area (Å²) < 4.78 is 22.2. The highest BCUT2D eigenvalue weighted by Gasteiger charge is 2.35. The van der Waals surface area contributed by atoms with Gasteiger partial charge in [0.2, 0.25) is 0 Å². The second-order valence-corrected chi connectivity index (χ2v) is 8.15. The molecule has 1 aliphatic heterocycles. The largest absolute Gasteiger partial charge is 0.367 e. The Morgan fingerprint density at radius 1 is 1.23 bits per heavy atom. The van der Waals surface area contributed by atoms with Gasteiger partial charge in [-0.05, 0) is 29.8 Å². The summed E-state index contributed by atoms with van der Waals surface area (Å²) in [5.41, 5.74) is 1.44. The number of thioether (sulfide) groups is 1. The minimum atomic E-state index is -0.356. The fraction of sp³-hybridized carbons (Fsp3) is 0.211. The lowest BCUT2D eigenvalue weighted by Crippen LogP contribution is -2.19. The zero-order chi connectivity index (χ0) is 18.1. The number of ether oxygens (including phenoxy) is 1. The number of aromatic nitrogens is 2. The molecule has 0 spiro atoms. The third kappa shape index (κ3) is 3.62. The highest BCUT2D eigenvalue weighted by atomic mass is 35.5. The molecule has 0 unspecified atom stereocenters. The molecule has 1 aromatic heterocycles. The summed E-state index contributed by atoms with van der Waals surface area (Å²) in [4.78, 5) is 5.18. The maximum absolute atomic E-state index is 14.1. The Kier molecular flexibility index (Phi) is 5.23. The second kappa shape index (κ2) is 7.61. The summed E-state index contributed by atoms with van der Waals surface area (Å²) in [5.74, 6) is -0.356. The first-order valence-electron chi connectivity index (χ1n) is 8.08. The van der Waals surface area contributed by atoms with Crippen LogP contribution in [0.5, 0.6) is 0 Å². The first kappa shape index (κ1) is 17.9. The van der Waals surface area contributed by atoms with Gasteiger partial charge in [0.05, 0.1) is 24.3 Å². The normalized spacial score (nSPS) is 18.9. The van der Waals surface area contributed by atoms with E-state index in [0.717, 1.165) is 17.0 Å². The van der Waals surface area contributed by atoms with Crippen LogP contribution < -0.4 is 0 Å². The summed E-state index contributed by atoms with van der Waals surface area (Å²) in [5, 5.41) is 1.19. The zero-order valence-electron chi connectivity index (χ0n) is 13.6. The van der Waals surface area contributed by atoms with E-state index in [-0.39, 0.29) is 23.8 Å². The van der Waals surface area contributed by atoms with E-state index in [9.17, 15) is 4.39 Å². The molecule has 2 atom stereocenters. The fourth-order valence-corrected chi connectivity index (χ4v) is 4.94. The van der Waals surface area contributed by atoms with Gasteiger partial charge in [0.15, 0.2) is 0 Å². The number of benzene rings is 2. The predicted octanol–water partition coefficient (Wildman–Crippen LogP) is 5.76. The average molecular weight is 409 g/mol. The van der Waals surface area contributed by atoms with E-state index in [1.165, 1.54) is 6.07 Å². The number of hydrogen-bond acceptors (Lipinski definition) is 3. The van der Waals surface area contributed by atoms with E-state index in [2.05, 4.69) is 4.98 Å². The average Bonchev–Trinajstić information content (AvgIpc) is 3.22. The molecular formula is C19H15Cl2FN2OS. The van der Waals surface area contributed by atoms with Crippen molar-refractivity contribution in [3.05, 3.63) is 82.1 Å². The lowest BCUT2D eigenvalue weighted by molar-refractivity contribution is 0.0352. The zero-order valence-corrected chi connectivity index (χ0v) is 15.9. The molecular weight excluding hydrogens is 394 g/mol. The minimum absolute atomic E-state index is 0.110. The van der Waals surface area contributed by atoms with Crippen LogP contribution in [-0.4, -0.2) is 14.8 Å². The van der Waals surface area contributed by atoms with Crippen LogP contribution in [0.2, 0.25) is 10.0 Å². The molecule has 0 amide bonds. The van der Waals surface area contributed by atoms with E-state index in [1.807, 2.05) is 29.0 Å². The molecule has 2 aromatic carbocycles. The van der Waals surface area contributed by atoms with Gasteiger partial charge in [0.1, 0.15) is 5.82 Å². The maximum Gasteiger partial charge on any atom is 0.130 e. The van der Waals surface area contributed by atoms with E-state index >= 15 is 0 Å². The molecule has 0 N–H and O–H groups in total. The van der Waals surface area contributed by atoms with Crippen LogP contribution in [0, 0.1) is 5.82 Å². The molecule has 7 heteroatoms. The first-order chi connectivity index (χ1) is 12.6. The lowest BCUT2D eigenvalue weighted by Gasteiger charge is -2.21. The Morgan fingerprint density at radius 2 is 2.12 bits per heavy atom. The van der Waals surface area contributed by atoms with Crippen LogP contribution in [0.4, 0.5) is 4.39 Å². The van der Waals surface area contributed by atoms with Gasteiger partial charge in [0, 0.05) is 39.4 Å². The highest BCUT2D eigenvalue weighted by Crippen LogP contribution is 2.48. The molecule has 0 radical (unpaired) electrons. The van der Waals surface area contributed by atoms with E-state index in [1.54, 1.807) is 36.4 Å². The van der Waals surface area contributed by atoms with Gasteiger partial charge in [0.25, 0.3) is 0 Å². The van der Waals surface area contributed by atoms with Crippen LogP contribution in [0.1, 0.15) is 17.2 Å². The number of imidazole rings is 1. The van der Waals surface area contributed by atoms with E-state index in [4.69, 9.17) is 27.9 Å². The number of rotatable bonds is 5. The van der Waals surface area contributed by atoms with Gasteiger partial charge < -0.3 is 9.30 Å². The summed E-state index contributed by atoms with van der Waals surface area (Å²) in [7, 11) is 0. The van der Waals surface area contributed by atoms with Gasteiger partial charge in [-0.3, -0.25) is 0 Å². The molecule has 26 heavy (non-hydrogen) atoms. The third-order valence-electron chi connectivity index (χ3n) is 4.32. The molecule has 2 heterocycles. The summed E-state index contributed by atoms with van der Waals surface area (Å²) >= 11 is 14.0. The molecule has 3 aromatic rings. The molecule has 3 nitrogen and oxygen atoms in total. The molecule has 0 saturated heterocycles. The Bertz CT molecular complexity index is 900. The van der Waals surface area contributed by atoms with Crippen LogP contribution in [0.15, 0.2) is 60.0 Å². The van der Waals surface area contributed by atoms with Crippen molar-refractivity contribution in [3.8, 4) is 0 Å². The van der Waals surface area contributed by atoms with Gasteiger partial charge in [-0.15, -0.1) is 11.8 Å². The topological polar surface area (TPSA) is 27.1 Å².